The van der Waals surface area contributed by atoms with E-state index in [9.17, 15) is 12.8 Å². The molecular weight excluding hydrogens is 233 g/mol. The first-order valence-corrected chi connectivity index (χ1v) is 6.48. The fraction of sp³-hybridized carbons (Fsp3) is 0.400. The van der Waals surface area contributed by atoms with Gasteiger partial charge in [-0.2, -0.15) is 0 Å². The highest BCUT2D eigenvalue weighted by Gasteiger charge is 2.12. The van der Waals surface area contributed by atoms with Gasteiger partial charge in [-0.05, 0) is 12.1 Å². The van der Waals surface area contributed by atoms with E-state index in [1.165, 1.54) is 12.1 Å². The van der Waals surface area contributed by atoms with Crippen LogP contribution < -0.4 is 9.88 Å². The number of hydrogen-bond acceptors (Lipinski definition) is 3. The fourth-order valence-corrected chi connectivity index (χ4v) is 2.13. The number of nitrogens with two attached hydrogens (primary N) is 1. The summed E-state index contributed by atoms with van der Waals surface area (Å²) in [4.78, 5) is 0. The third-order valence-electron chi connectivity index (χ3n) is 1.88. The van der Waals surface area contributed by atoms with Crippen LogP contribution >= 0.6 is 0 Å². The summed E-state index contributed by atoms with van der Waals surface area (Å²) in [7, 11) is -3.51. The van der Waals surface area contributed by atoms with Crippen molar-refractivity contribution >= 4 is 10.0 Å². The second-order valence-corrected chi connectivity index (χ2v) is 5.34. The number of para-hydroxylation sites is 1. The minimum absolute atomic E-state index is 0.108. The first-order chi connectivity index (χ1) is 7.38. The van der Waals surface area contributed by atoms with E-state index < -0.39 is 15.8 Å². The van der Waals surface area contributed by atoms with E-state index in [1.807, 2.05) is 0 Å². The molecule has 1 aromatic rings. The fourth-order valence-electron chi connectivity index (χ4n) is 1.24. The molecule has 0 amide bonds. The summed E-state index contributed by atoms with van der Waals surface area (Å²) in [6, 6.07) is 5.96. The van der Waals surface area contributed by atoms with E-state index in [2.05, 4.69) is 0 Å². The third kappa shape index (κ3) is 4.59. The minimum atomic E-state index is -3.51. The van der Waals surface area contributed by atoms with Crippen molar-refractivity contribution in [1.29, 1.82) is 0 Å². The Bertz CT molecular complexity index is 447. The van der Waals surface area contributed by atoms with E-state index in [0.29, 0.717) is 0 Å². The average Bonchev–Trinajstić information content (AvgIpc) is 2.14. The lowest BCUT2D eigenvalue weighted by atomic mass is 10.2. The molecule has 0 aliphatic carbocycles. The van der Waals surface area contributed by atoms with E-state index >= 15 is 0 Å². The summed E-state index contributed by atoms with van der Waals surface area (Å²) in [6.45, 7) is 1.78. The van der Waals surface area contributed by atoms with Crippen molar-refractivity contribution < 1.29 is 17.5 Å². The van der Waals surface area contributed by atoms with Gasteiger partial charge >= 0.3 is 0 Å². The van der Waals surface area contributed by atoms with Crippen LogP contribution in [0.15, 0.2) is 24.3 Å². The van der Waals surface area contributed by atoms with Crippen LogP contribution in [0.5, 0.6) is 5.75 Å². The van der Waals surface area contributed by atoms with Crippen molar-refractivity contribution in [2.75, 3.05) is 12.4 Å². The van der Waals surface area contributed by atoms with Gasteiger partial charge in [-0.1, -0.05) is 19.1 Å². The number of rotatable bonds is 5. The second kappa shape index (κ2) is 5.27. The molecule has 1 atom stereocenters. The van der Waals surface area contributed by atoms with Crippen LogP contribution in [-0.2, 0) is 10.0 Å². The highest BCUT2D eigenvalue weighted by atomic mass is 32.2. The molecule has 0 aliphatic heterocycles. The first-order valence-electron chi connectivity index (χ1n) is 4.76. The van der Waals surface area contributed by atoms with Crippen LogP contribution in [-0.4, -0.2) is 20.8 Å². The summed E-state index contributed by atoms with van der Waals surface area (Å²) < 4.78 is 39.8. The van der Waals surface area contributed by atoms with Gasteiger partial charge in [0, 0.05) is 5.92 Å². The summed E-state index contributed by atoms with van der Waals surface area (Å²) >= 11 is 0. The van der Waals surface area contributed by atoms with Crippen molar-refractivity contribution in [3.05, 3.63) is 30.1 Å². The van der Waals surface area contributed by atoms with Crippen molar-refractivity contribution in [1.82, 2.24) is 0 Å². The summed E-state index contributed by atoms with van der Waals surface area (Å²) in [6.07, 6.45) is 0. The molecule has 6 heteroatoms. The van der Waals surface area contributed by atoms with Crippen LogP contribution in [0, 0.1) is 11.7 Å². The van der Waals surface area contributed by atoms with Crippen molar-refractivity contribution in [3.63, 3.8) is 0 Å². The molecule has 0 bridgehead atoms. The number of benzene rings is 1. The molecule has 0 heterocycles. The molecule has 1 unspecified atom stereocenters. The monoisotopic (exact) mass is 247 g/mol. The molecule has 4 nitrogen and oxygen atoms in total. The van der Waals surface area contributed by atoms with Crippen LogP contribution in [0.3, 0.4) is 0 Å². The molecule has 0 fully saturated rings. The van der Waals surface area contributed by atoms with Gasteiger partial charge in [-0.3, -0.25) is 0 Å². The normalized spacial score (nSPS) is 13.4. The van der Waals surface area contributed by atoms with Crippen LogP contribution in [0.2, 0.25) is 0 Å². The number of ether oxygens (including phenoxy) is 1. The van der Waals surface area contributed by atoms with Gasteiger partial charge in [0.15, 0.2) is 11.6 Å². The molecule has 0 saturated carbocycles. The molecule has 1 rings (SSSR count). The smallest absolute Gasteiger partial charge is 0.209 e. The van der Waals surface area contributed by atoms with Crippen molar-refractivity contribution in [3.8, 4) is 5.75 Å². The Morgan fingerprint density at radius 1 is 1.44 bits per heavy atom. The van der Waals surface area contributed by atoms with Crippen LogP contribution in [0.1, 0.15) is 6.92 Å². The SMILES string of the molecule is CC(COc1ccccc1F)CS(N)(=O)=O. The lowest BCUT2D eigenvalue weighted by Crippen LogP contribution is -2.25. The summed E-state index contributed by atoms with van der Waals surface area (Å²) in [5.41, 5.74) is 0. The Morgan fingerprint density at radius 3 is 2.62 bits per heavy atom. The topological polar surface area (TPSA) is 69.4 Å². The van der Waals surface area contributed by atoms with Gasteiger partial charge in [0.2, 0.25) is 10.0 Å². The largest absolute Gasteiger partial charge is 0.490 e. The first kappa shape index (κ1) is 12.9. The van der Waals surface area contributed by atoms with E-state index in [-0.39, 0.29) is 24.0 Å². The molecule has 0 aromatic heterocycles. The Kier molecular flexibility index (Phi) is 4.26. The predicted molar refractivity (Wildman–Crippen MR) is 59.0 cm³/mol. The Hall–Kier alpha value is -1.14. The maximum Gasteiger partial charge on any atom is 0.209 e. The quantitative estimate of drug-likeness (QED) is 0.848. The van der Waals surface area contributed by atoms with E-state index in [0.717, 1.165) is 0 Å². The third-order valence-corrected chi connectivity index (χ3v) is 2.91. The molecule has 0 spiro atoms. The molecule has 0 saturated heterocycles. The second-order valence-electron chi connectivity index (χ2n) is 3.68. The maximum atomic E-state index is 13.1. The molecule has 16 heavy (non-hydrogen) atoms. The highest BCUT2D eigenvalue weighted by molar-refractivity contribution is 7.89. The number of sulfonamides is 1. The molecule has 0 aliphatic rings. The highest BCUT2D eigenvalue weighted by Crippen LogP contribution is 2.16. The average molecular weight is 247 g/mol. The maximum absolute atomic E-state index is 13.1. The zero-order valence-electron chi connectivity index (χ0n) is 8.89. The Balaban J connectivity index is 2.49. The van der Waals surface area contributed by atoms with Crippen molar-refractivity contribution in [2.45, 2.75) is 6.92 Å². The van der Waals surface area contributed by atoms with E-state index in [4.69, 9.17) is 9.88 Å². The number of hydrogen-bond donors (Lipinski definition) is 1. The van der Waals surface area contributed by atoms with E-state index in [1.54, 1.807) is 19.1 Å². The zero-order valence-corrected chi connectivity index (χ0v) is 9.71. The van der Waals surface area contributed by atoms with Crippen molar-refractivity contribution in [2.24, 2.45) is 11.1 Å². The van der Waals surface area contributed by atoms with Gasteiger partial charge in [0.05, 0.1) is 12.4 Å². The van der Waals surface area contributed by atoms with Crippen LogP contribution in [0.25, 0.3) is 0 Å². The Morgan fingerprint density at radius 2 is 2.06 bits per heavy atom. The van der Waals surface area contributed by atoms with Crippen LogP contribution in [0.4, 0.5) is 4.39 Å². The van der Waals surface area contributed by atoms with Gasteiger partial charge in [0.25, 0.3) is 0 Å². The lowest BCUT2D eigenvalue weighted by molar-refractivity contribution is 0.260. The molecule has 1 aromatic carbocycles. The van der Waals surface area contributed by atoms with Gasteiger partial charge in [0.1, 0.15) is 0 Å². The predicted octanol–water partition coefficient (Wildman–Crippen LogP) is 1.13. The van der Waals surface area contributed by atoms with Gasteiger partial charge in [-0.25, -0.2) is 17.9 Å². The van der Waals surface area contributed by atoms with Gasteiger partial charge in [-0.15, -0.1) is 0 Å². The molecule has 0 radical (unpaired) electrons. The Labute approximate surface area is 94.3 Å². The van der Waals surface area contributed by atoms with Gasteiger partial charge < -0.3 is 4.74 Å². The minimum Gasteiger partial charge on any atom is -0.490 e. The molecule has 2 N–H and O–H groups in total. The summed E-state index contributed by atoms with van der Waals surface area (Å²) in [5.74, 6) is -0.815. The summed E-state index contributed by atoms with van der Waals surface area (Å²) in [5, 5.41) is 4.88. The number of halogens is 1. The number of primary sulfonamides is 1. The standard InChI is InChI=1S/C10H14FNO3S/c1-8(7-16(12,13)14)6-15-10-5-3-2-4-9(10)11/h2-5,8H,6-7H2,1H3,(H2,12,13,14). The molecular formula is C10H14FNO3S. The lowest BCUT2D eigenvalue weighted by Gasteiger charge is -2.12. The zero-order chi connectivity index (χ0) is 12.2. The molecule has 90 valence electrons.